The summed E-state index contributed by atoms with van der Waals surface area (Å²) in [6, 6.07) is 13.1. The fraction of sp³-hybridized carbons (Fsp3) is 0.300. The van der Waals surface area contributed by atoms with Crippen LogP contribution in [0.4, 0.5) is 0 Å². The van der Waals surface area contributed by atoms with Crippen LogP contribution < -0.4 is 4.80 Å². The van der Waals surface area contributed by atoms with E-state index >= 15 is 0 Å². The summed E-state index contributed by atoms with van der Waals surface area (Å²) < 4.78 is 27.5. The molecule has 5 nitrogen and oxygen atoms in total. The number of sulfone groups is 1. The molecule has 0 unspecified atom stereocenters. The molecule has 3 aromatic rings. The van der Waals surface area contributed by atoms with Crippen molar-refractivity contribution in [3.8, 4) is 0 Å². The number of hydrogen-bond donors (Lipinski definition) is 0. The third-order valence-corrected chi connectivity index (χ3v) is 6.99. The van der Waals surface area contributed by atoms with Gasteiger partial charge in [0.25, 0.3) is 0 Å². The van der Waals surface area contributed by atoms with Gasteiger partial charge in [-0.3, -0.25) is 4.79 Å². The van der Waals surface area contributed by atoms with Gasteiger partial charge in [-0.05, 0) is 36.6 Å². The van der Waals surface area contributed by atoms with E-state index in [4.69, 9.17) is 0 Å². The van der Waals surface area contributed by atoms with E-state index in [9.17, 15) is 13.2 Å². The van der Waals surface area contributed by atoms with Crippen molar-refractivity contribution < 1.29 is 13.2 Å². The Kier molecular flexibility index (Phi) is 5.62. The van der Waals surface area contributed by atoms with Crippen molar-refractivity contribution in [1.82, 2.24) is 4.57 Å². The molecule has 7 heteroatoms. The highest BCUT2D eigenvalue weighted by Crippen LogP contribution is 2.22. The molecule has 0 radical (unpaired) electrons. The molecule has 27 heavy (non-hydrogen) atoms. The molecule has 0 bridgehead atoms. The van der Waals surface area contributed by atoms with E-state index in [2.05, 4.69) is 17.1 Å². The van der Waals surface area contributed by atoms with E-state index in [0.717, 1.165) is 26.9 Å². The fourth-order valence-electron chi connectivity index (χ4n) is 3.09. The van der Waals surface area contributed by atoms with Crippen molar-refractivity contribution in [2.24, 2.45) is 12.0 Å². The lowest BCUT2D eigenvalue weighted by atomic mass is 10.1. The van der Waals surface area contributed by atoms with E-state index < -0.39 is 15.7 Å². The van der Waals surface area contributed by atoms with Gasteiger partial charge in [0, 0.05) is 13.5 Å². The Morgan fingerprint density at radius 3 is 2.56 bits per heavy atom. The van der Waals surface area contributed by atoms with E-state index in [-0.39, 0.29) is 17.9 Å². The Hall–Kier alpha value is -2.25. The second-order valence-electron chi connectivity index (χ2n) is 6.71. The lowest BCUT2D eigenvalue weighted by Crippen LogP contribution is -2.16. The maximum atomic E-state index is 12.3. The predicted octanol–water partition coefficient (Wildman–Crippen LogP) is 3.29. The summed E-state index contributed by atoms with van der Waals surface area (Å²) in [5.74, 6) is -0.670. The first-order valence-corrected chi connectivity index (χ1v) is 11.3. The molecule has 0 aliphatic rings. The normalized spacial score (nSPS) is 12.6. The summed E-state index contributed by atoms with van der Waals surface area (Å²) in [5.41, 5.74) is 4.06. The number of carbonyl (C=O) groups is 1. The Morgan fingerprint density at radius 2 is 1.85 bits per heavy atom. The summed E-state index contributed by atoms with van der Waals surface area (Å²) in [6.07, 6.45) is -0.110. The maximum absolute atomic E-state index is 12.3. The van der Waals surface area contributed by atoms with Crippen molar-refractivity contribution in [3.05, 3.63) is 64.0 Å². The van der Waals surface area contributed by atoms with Gasteiger partial charge in [0.2, 0.25) is 5.91 Å². The molecule has 1 heterocycles. The highest BCUT2D eigenvalue weighted by molar-refractivity contribution is 7.90. The second-order valence-corrected chi connectivity index (χ2v) is 9.90. The third-order valence-electron chi connectivity index (χ3n) is 4.31. The van der Waals surface area contributed by atoms with Crippen molar-refractivity contribution in [3.63, 3.8) is 0 Å². The van der Waals surface area contributed by atoms with Crippen LogP contribution in [-0.2, 0) is 27.4 Å². The lowest BCUT2D eigenvalue weighted by Gasteiger charge is -2.03. The number of aromatic nitrogens is 1. The van der Waals surface area contributed by atoms with Gasteiger partial charge in [-0.2, -0.15) is 4.99 Å². The molecule has 0 saturated carbocycles. The topological polar surface area (TPSA) is 68.5 Å². The van der Waals surface area contributed by atoms with Crippen molar-refractivity contribution in [2.45, 2.75) is 26.0 Å². The van der Waals surface area contributed by atoms with Gasteiger partial charge < -0.3 is 4.57 Å². The largest absolute Gasteiger partial charge is 0.319 e. The van der Waals surface area contributed by atoms with E-state index in [1.54, 1.807) is 24.3 Å². The smallest absolute Gasteiger partial charge is 0.249 e. The minimum Gasteiger partial charge on any atom is -0.319 e. The number of aryl methyl sites for hydroxylation is 3. The van der Waals surface area contributed by atoms with Gasteiger partial charge in [0.1, 0.15) is 0 Å². The molecule has 0 fully saturated rings. The van der Waals surface area contributed by atoms with Crippen LogP contribution in [0, 0.1) is 13.8 Å². The Morgan fingerprint density at radius 1 is 1.15 bits per heavy atom. The van der Waals surface area contributed by atoms with E-state index in [1.807, 2.05) is 31.5 Å². The number of nitrogens with zero attached hydrogens (tertiary/aromatic N) is 2. The fourth-order valence-corrected chi connectivity index (χ4v) is 5.64. The molecular formula is C20H22N2O3S2. The average molecular weight is 403 g/mol. The average Bonchev–Trinajstić information content (AvgIpc) is 2.89. The first-order valence-electron chi connectivity index (χ1n) is 8.64. The zero-order valence-corrected chi connectivity index (χ0v) is 17.2. The highest BCUT2D eigenvalue weighted by Gasteiger charge is 2.15. The molecule has 142 valence electrons. The molecule has 1 amide bonds. The molecule has 2 aromatic carbocycles. The van der Waals surface area contributed by atoms with Crippen LogP contribution in [0.5, 0.6) is 0 Å². The van der Waals surface area contributed by atoms with Crippen LogP contribution >= 0.6 is 11.3 Å². The van der Waals surface area contributed by atoms with Crippen molar-refractivity contribution in [2.75, 3.05) is 5.75 Å². The lowest BCUT2D eigenvalue weighted by molar-refractivity contribution is -0.117. The summed E-state index contributed by atoms with van der Waals surface area (Å²) in [7, 11) is -1.48. The standard InChI is InChI=1S/C20H22N2O3S2/c1-14-11-15(2)19-17(12-14)26-20(22(19)3)21-18(23)9-10-27(24,25)13-16-7-5-4-6-8-16/h4-8,11-12H,9-10,13H2,1-3H3. The molecule has 3 rings (SSSR count). The number of carbonyl (C=O) groups excluding carboxylic acids is 1. The van der Waals surface area contributed by atoms with Crippen molar-refractivity contribution in [1.29, 1.82) is 0 Å². The predicted molar refractivity (Wildman–Crippen MR) is 109 cm³/mol. The first-order chi connectivity index (χ1) is 12.7. The van der Waals surface area contributed by atoms with Crippen LogP contribution in [0.25, 0.3) is 10.2 Å². The van der Waals surface area contributed by atoms with Crippen LogP contribution in [-0.4, -0.2) is 24.6 Å². The van der Waals surface area contributed by atoms with Gasteiger partial charge in [-0.15, -0.1) is 0 Å². The third kappa shape index (κ3) is 4.73. The Labute approximate surface area is 162 Å². The van der Waals surface area contributed by atoms with E-state index in [0.29, 0.717) is 4.80 Å². The number of fused-ring (bicyclic) bond motifs is 1. The van der Waals surface area contributed by atoms with Gasteiger partial charge in [0.05, 0.1) is 21.7 Å². The second kappa shape index (κ2) is 7.78. The summed E-state index contributed by atoms with van der Waals surface area (Å²) in [5, 5.41) is 0. The van der Waals surface area contributed by atoms with Gasteiger partial charge in [-0.25, -0.2) is 8.42 Å². The molecule has 0 saturated heterocycles. The zero-order valence-electron chi connectivity index (χ0n) is 15.6. The van der Waals surface area contributed by atoms with E-state index in [1.165, 1.54) is 11.3 Å². The molecule has 0 aliphatic heterocycles. The van der Waals surface area contributed by atoms with Crippen LogP contribution in [0.3, 0.4) is 0 Å². The summed E-state index contributed by atoms with van der Waals surface area (Å²) >= 11 is 1.44. The molecule has 0 aliphatic carbocycles. The quantitative estimate of drug-likeness (QED) is 0.658. The number of amides is 1. The monoisotopic (exact) mass is 402 g/mol. The van der Waals surface area contributed by atoms with Crippen molar-refractivity contribution >= 4 is 37.3 Å². The number of benzene rings is 2. The van der Waals surface area contributed by atoms with Gasteiger partial charge in [0.15, 0.2) is 14.6 Å². The molecule has 0 N–H and O–H groups in total. The Balaban J connectivity index is 1.76. The minimum absolute atomic E-state index is 0.0593. The van der Waals surface area contributed by atoms with Crippen LogP contribution in [0.1, 0.15) is 23.1 Å². The summed E-state index contributed by atoms with van der Waals surface area (Å²) in [6.45, 7) is 4.07. The molecule has 0 atom stereocenters. The van der Waals surface area contributed by atoms with Gasteiger partial charge in [-0.1, -0.05) is 47.7 Å². The molecule has 1 aromatic heterocycles. The van der Waals surface area contributed by atoms with Crippen LogP contribution in [0.15, 0.2) is 47.5 Å². The number of thiazole rings is 1. The van der Waals surface area contributed by atoms with Crippen LogP contribution in [0.2, 0.25) is 0 Å². The highest BCUT2D eigenvalue weighted by atomic mass is 32.2. The molecule has 0 spiro atoms. The maximum Gasteiger partial charge on any atom is 0.249 e. The minimum atomic E-state index is -3.35. The van der Waals surface area contributed by atoms with Gasteiger partial charge >= 0.3 is 0 Å². The molecular weight excluding hydrogens is 380 g/mol. The summed E-state index contributed by atoms with van der Waals surface area (Å²) in [4.78, 5) is 17.0. The number of rotatable bonds is 5. The first kappa shape index (κ1) is 19.5. The SMILES string of the molecule is Cc1cc(C)c2c(c1)sc(=NC(=O)CCS(=O)(=O)Cc1ccccc1)n2C. The Bertz CT molecular complexity index is 1160. The number of hydrogen-bond acceptors (Lipinski definition) is 4. The zero-order chi connectivity index (χ0) is 19.6.